The minimum absolute atomic E-state index is 0.242. The molecule has 0 radical (unpaired) electrons. The van der Waals surface area contributed by atoms with Crippen LogP contribution in [0.15, 0.2) is 0 Å². The predicted octanol–water partition coefficient (Wildman–Crippen LogP) is 1.45. The van der Waals surface area contributed by atoms with Crippen LogP contribution in [0.3, 0.4) is 0 Å². The predicted molar refractivity (Wildman–Crippen MR) is 80.3 cm³/mol. The third kappa shape index (κ3) is 2.73. The highest BCUT2D eigenvalue weighted by Crippen LogP contribution is 2.40. The third-order valence-corrected chi connectivity index (χ3v) is 5.74. The lowest BCUT2D eigenvalue weighted by Crippen LogP contribution is -2.56. The van der Waals surface area contributed by atoms with Gasteiger partial charge in [-0.15, -0.1) is 0 Å². The molecule has 3 aliphatic rings. The summed E-state index contributed by atoms with van der Waals surface area (Å²) < 4.78 is 0. The highest BCUT2D eigenvalue weighted by atomic mass is 16.2. The fourth-order valence-electron chi connectivity index (χ4n) is 3.89. The van der Waals surface area contributed by atoms with Crippen LogP contribution in [0.1, 0.15) is 45.4 Å². The van der Waals surface area contributed by atoms with E-state index in [9.17, 15) is 4.79 Å². The highest BCUT2D eigenvalue weighted by Gasteiger charge is 2.43. The molecule has 0 aromatic carbocycles. The van der Waals surface area contributed by atoms with Gasteiger partial charge in [0.15, 0.2) is 0 Å². The summed E-state index contributed by atoms with van der Waals surface area (Å²) in [4.78, 5) is 17.6. The molecule has 114 valence electrons. The quantitative estimate of drug-likeness (QED) is 0.850. The van der Waals surface area contributed by atoms with E-state index in [2.05, 4.69) is 16.7 Å². The first-order chi connectivity index (χ1) is 9.64. The van der Waals surface area contributed by atoms with Crippen molar-refractivity contribution >= 4 is 5.91 Å². The molecule has 0 spiro atoms. The van der Waals surface area contributed by atoms with Gasteiger partial charge in [0.25, 0.3) is 0 Å². The molecular weight excluding hydrogens is 250 g/mol. The van der Waals surface area contributed by atoms with Crippen LogP contribution in [0.5, 0.6) is 0 Å². The second-order valence-corrected chi connectivity index (χ2v) is 7.23. The van der Waals surface area contributed by atoms with Crippen LogP contribution in [-0.2, 0) is 4.79 Å². The van der Waals surface area contributed by atoms with E-state index in [-0.39, 0.29) is 5.41 Å². The lowest BCUT2D eigenvalue weighted by Gasteiger charge is -2.43. The van der Waals surface area contributed by atoms with E-state index < -0.39 is 0 Å². The molecule has 20 heavy (non-hydrogen) atoms. The van der Waals surface area contributed by atoms with Gasteiger partial charge < -0.3 is 10.6 Å². The minimum Gasteiger partial charge on any atom is -0.340 e. The van der Waals surface area contributed by atoms with Crippen LogP contribution in [0.25, 0.3) is 0 Å². The molecule has 2 N–H and O–H groups in total. The van der Waals surface area contributed by atoms with Crippen molar-refractivity contribution in [3.8, 4) is 0 Å². The normalized spacial score (nSPS) is 36.1. The topological polar surface area (TPSA) is 49.6 Å². The van der Waals surface area contributed by atoms with Gasteiger partial charge in [-0.2, -0.15) is 0 Å². The molecule has 2 saturated carbocycles. The van der Waals surface area contributed by atoms with Crippen molar-refractivity contribution in [2.24, 2.45) is 17.1 Å². The van der Waals surface area contributed by atoms with E-state index in [1.165, 1.54) is 12.8 Å². The number of hydrogen-bond donors (Lipinski definition) is 1. The van der Waals surface area contributed by atoms with Gasteiger partial charge in [0, 0.05) is 38.8 Å². The zero-order chi connectivity index (χ0) is 14.2. The van der Waals surface area contributed by atoms with Crippen LogP contribution in [-0.4, -0.2) is 54.5 Å². The molecule has 1 aliphatic heterocycles. The average molecular weight is 279 g/mol. The van der Waals surface area contributed by atoms with Crippen LogP contribution in [0, 0.1) is 11.3 Å². The Morgan fingerprint density at radius 1 is 1.10 bits per heavy atom. The molecule has 2 aliphatic carbocycles. The third-order valence-electron chi connectivity index (χ3n) is 5.74. The fraction of sp³-hybridized carbons (Fsp3) is 0.938. The number of nitrogens with two attached hydrogens (primary N) is 1. The lowest BCUT2D eigenvalue weighted by molar-refractivity contribution is -0.146. The molecule has 0 atom stereocenters. The molecule has 0 aromatic heterocycles. The molecule has 4 nitrogen and oxygen atoms in total. The molecule has 0 unspecified atom stereocenters. The van der Waals surface area contributed by atoms with E-state index >= 15 is 0 Å². The Morgan fingerprint density at radius 2 is 1.70 bits per heavy atom. The van der Waals surface area contributed by atoms with Gasteiger partial charge in [-0.25, -0.2) is 0 Å². The number of nitrogens with zero attached hydrogens (tertiary/aromatic N) is 2. The molecule has 1 saturated heterocycles. The Kier molecular flexibility index (Phi) is 4.04. The Hall–Kier alpha value is -0.610. The number of amides is 1. The van der Waals surface area contributed by atoms with Gasteiger partial charge in [0.1, 0.15) is 0 Å². The maximum atomic E-state index is 12.9. The first-order valence-electron chi connectivity index (χ1n) is 8.38. The van der Waals surface area contributed by atoms with Crippen molar-refractivity contribution in [1.82, 2.24) is 9.80 Å². The lowest BCUT2D eigenvalue weighted by atomic mass is 9.70. The van der Waals surface area contributed by atoms with Gasteiger partial charge >= 0.3 is 0 Å². The summed E-state index contributed by atoms with van der Waals surface area (Å²) in [7, 11) is 0. The van der Waals surface area contributed by atoms with Crippen molar-refractivity contribution in [1.29, 1.82) is 0 Å². The number of hydrogen-bond acceptors (Lipinski definition) is 3. The van der Waals surface area contributed by atoms with Gasteiger partial charge in [0.05, 0.1) is 5.41 Å². The first-order valence-corrected chi connectivity index (χ1v) is 8.38. The number of carbonyl (C=O) groups is 1. The Bertz CT molecular complexity index is 351. The Labute approximate surface area is 122 Å². The maximum Gasteiger partial charge on any atom is 0.230 e. The zero-order valence-corrected chi connectivity index (χ0v) is 12.8. The van der Waals surface area contributed by atoms with E-state index in [1.54, 1.807) is 0 Å². The van der Waals surface area contributed by atoms with Crippen LogP contribution in [0.4, 0.5) is 0 Å². The standard InChI is InChI=1S/C16H29N3O/c1-13-4-6-16(12-17,7-5-13)15(20)19-10-8-18(9-11-19)14-2-3-14/h13-14H,2-12,17H2,1H3. The molecule has 4 heteroatoms. The largest absolute Gasteiger partial charge is 0.340 e. The monoisotopic (exact) mass is 279 g/mol. The summed E-state index contributed by atoms with van der Waals surface area (Å²) in [5.74, 6) is 1.11. The van der Waals surface area contributed by atoms with E-state index in [0.717, 1.165) is 63.8 Å². The first kappa shape index (κ1) is 14.3. The van der Waals surface area contributed by atoms with Crippen molar-refractivity contribution in [2.75, 3.05) is 32.7 Å². The van der Waals surface area contributed by atoms with Crippen LogP contribution < -0.4 is 5.73 Å². The summed E-state index contributed by atoms with van der Waals surface area (Å²) in [6.45, 7) is 6.76. The van der Waals surface area contributed by atoms with Crippen molar-refractivity contribution in [3.63, 3.8) is 0 Å². The van der Waals surface area contributed by atoms with Gasteiger partial charge in [0.2, 0.25) is 5.91 Å². The summed E-state index contributed by atoms with van der Waals surface area (Å²) in [6, 6.07) is 0.825. The highest BCUT2D eigenvalue weighted by molar-refractivity contribution is 5.83. The number of rotatable bonds is 3. The van der Waals surface area contributed by atoms with E-state index in [1.807, 2.05) is 0 Å². The molecule has 0 aromatic rings. The summed E-state index contributed by atoms with van der Waals surface area (Å²) in [5, 5.41) is 0. The fourth-order valence-corrected chi connectivity index (χ4v) is 3.89. The second kappa shape index (κ2) is 5.64. The average Bonchev–Trinajstić information content (AvgIpc) is 3.33. The SMILES string of the molecule is CC1CCC(CN)(C(=O)N2CCN(C3CC3)CC2)CC1. The molecule has 1 heterocycles. The van der Waals surface area contributed by atoms with Gasteiger partial charge in [-0.05, 0) is 44.4 Å². The molecule has 0 bridgehead atoms. The van der Waals surface area contributed by atoms with Crippen molar-refractivity contribution < 1.29 is 4.79 Å². The molecule has 1 amide bonds. The maximum absolute atomic E-state index is 12.9. The second-order valence-electron chi connectivity index (χ2n) is 7.23. The minimum atomic E-state index is -0.242. The summed E-state index contributed by atoms with van der Waals surface area (Å²) >= 11 is 0. The van der Waals surface area contributed by atoms with Crippen LogP contribution >= 0.6 is 0 Å². The number of carbonyl (C=O) groups excluding carboxylic acids is 1. The smallest absolute Gasteiger partial charge is 0.230 e. The Morgan fingerprint density at radius 3 is 2.20 bits per heavy atom. The molecule has 3 rings (SSSR count). The van der Waals surface area contributed by atoms with Crippen molar-refractivity contribution in [3.05, 3.63) is 0 Å². The van der Waals surface area contributed by atoms with Crippen molar-refractivity contribution in [2.45, 2.75) is 51.5 Å². The number of piperazine rings is 1. The Balaban J connectivity index is 1.59. The zero-order valence-electron chi connectivity index (χ0n) is 12.8. The summed E-state index contributed by atoms with van der Waals surface area (Å²) in [6.07, 6.45) is 7.02. The molecule has 3 fully saturated rings. The van der Waals surface area contributed by atoms with E-state index in [0.29, 0.717) is 12.5 Å². The van der Waals surface area contributed by atoms with Crippen LogP contribution in [0.2, 0.25) is 0 Å². The van der Waals surface area contributed by atoms with E-state index in [4.69, 9.17) is 5.73 Å². The van der Waals surface area contributed by atoms with Gasteiger partial charge in [-0.1, -0.05) is 6.92 Å². The van der Waals surface area contributed by atoms with Gasteiger partial charge in [-0.3, -0.25) is 9.69 Å². The molecular formula is C16H29N3O. The summed E-state index contributed by atoms with van der Waals surface area (Å²) in [5.41, 5.74) is 5.78.